The first kappa shape index (κ1) is 15.8. The summed E-state index contributed by atoms with van der Waals surface area (Å²) in [6.45, 7) is 0.614. The number of hydrogen-bond acceptors (Lipinski definition) is 6. The lowest BCUT2D eigenvalue weighted by Crippen LogP contribution is -2.03. The number of nitrogens with one attached hydrogen (secondary N) is 1. The third kappa shape index (κ3) is 3.00. The van der Waals surface area contributed by atoms with E-state index in [1.165, 1.54) is 0 Å². The van der Waals surface area contributed by atoms with Crippen LogP contribution < -0.4 is 10.3 Å². The molecule has 0 aliphatic heterocycles. The molecule has 0 aliphatic carbocycles. The van der Waals surface area contributed by atoms with Crippen molar-refractivity contribution in [1.82, 2.24) is 19.6 Å². The maximum absolute atomic E-state index is 11.9. The molecule has 0 fully saturated rings. The van der Waals surface area contributed by atoms with E-state index in [9.17, 15) is 4.79 Å². The minimum atomic E-state index is -0.188. The Morgan fingerprint density at radius 1 is 1.36 bits per heavy atom. The van der Waals surface area contributed by atoms with E-state index in [1.807, 2.05) is 6.07 Å². The fourth-order valence-electron chi connectivity index (χ4n) is 2.58. The number of aromatic nitrogens is 4. The Hall–Kier alpha value is -2.74. The molecule has 1 N–H and O–H groups in total. The van der Waals surface area contributed by atoms with Crippen molar-refractivity contribution in [2.75, 3.05) is 18.6 Å². The number of thioether (sulfide) groups is 1. The Balaban J connectivity index is 1.71. The minimum Gasteiger partial charge on any atom is -0.477 e. The number of imidazole rings is 1. The van der Waals surface area contributed by atoms with E-state index in [0.717, 1.165) is 12.2 Å². The van der Waals surface area contributed by atoms with Gasteiger partial charge in [-0.1, -0.05) is 0 Å². The van der Waals surface area contributed by atoms with Gasteiger partial charge >= 0.3 is 0 Å². The summed E-state index contributed by atoms with van der Waals surface area (Å²) in [4.78, 5) is 18.8. The van der Waals surface area contributed by atoms with Gasteiger partial charge in [0, 0.05) is 12.3 Å². The van der Waals surface area contributed by atoms with Crippen molar-refractivity contribution < 1.29 is 9.15 Å². The van der Waals surface area contributed by atoms with Gasteiger partial charge in [-0.2, -0.15) is 11.8 Å². The van der Waals surface area contributed by atoms with E-state index in [4.69, 9.17) is 9.15 Å². The predicted molar refractivity (Wildman–Crippen MR) is 97.3 cm³/mol. The first-order chi connectivity index (χ1) is 12.3. The van der Waals surface area contributed by atoms with Crippen molar-refractivity contribution in [3.05, 3.63) is 47.0 Å². The van der Waals surface area contributed by atoms with Gasteiger partial charge in [0.05, 0.1) is 18.2 Å². The van der Waals surface area contributed by atoms with Gasteiger partial charge in [0.25, 0.3) is 5.56 Å². The van der Waals surface area contributed by atoms with Crippen molar-refractivity contribution >= 4 is 28.4 Å². The highest BCUT2D eigenvalue weighted by Gasteiger charge is 2.14. The first-order valence-electron chi connectivity index (χ1n) is 7.84. The number of hydrogen-bond donors (Lipinski definition) is 1. The summed E-state index contributed by atoms with van der Waals surface area (Å²) in [6, 6.07) is 7.06. The molecule has 4 aromatic heterocycles. The van der Waals surface area contributed by atoms with Gasteiger partial charge in [-0.3, -0.25) is 4.79 Å². The molecule has 4 aromatic rings. The lowest BCUT2D eigenvalue weighted by molar-refractivity contribution is 0.302. The standard InChI is InChI=1S/C17H16N4O3S/c1-25-8-2-7-23-16-4-3-15-19-10-12(21(15)20-16)14-9-11-13(24-14)5-6-18-17(11)22/h3-6,9-10H,2,7-8H2,1H3,(H,18,22). The molecule has 8 heteroatoms. The summed E-state index contributed by atoms with van der Waals surface area (Å²) < 4.78 is 13.1. The number of fused-ring (bicyclic) bond motifs is 2. The molecule has 25 heavy (non-hydrogen) atoms. The summed E-state index contributed by atoms with van der Waals surface area (Å²) in [6.07, 6.45) is 6.27. The molecule has 7 nitrogen and oxygen atoms in total. The number of nitrogens with zero attached hydrogens (tertiary/aromatic N) is 3. The van der Waals surface area contributed by atoms with Crippen LogP contribution in [0.1, 0.15) is 6.42 Å². The van der Waals surface area contributed by atoms with Crippen LogP contribution in [0.5, 0.6) is 5.88 Å². The van der Waals surface area contributed by atoms with E-state index in [2.05, 4.69) is 21.3 Å². The zero-order valence-electron chi connectivity index (χ0n) is 13.6. The molecule has 4 rings (SSSR count). The first-order valence-corrected chi connectivity index (χ1v) is 9.24. The molecule has 0 radical (unpaired) electrons. The van der Waals surface area contributed by atoms with Gasteiger partial charge < -0.3 is 14.1 Å². The zero-order valence-corrected chi connectivity index (χ0v) is 14.4. The second kappa shape index (κ2) is 6.64. The van der Waals surface area contributed by atoms with E-state index in [0.29, 0.717) is 40.6 Å². The van der Waals surface area contributed by atoms with Crippen LogP contribution in [0.25, 0.3) is 28.1 Å². The molecule has 0 saturated heterocycles. The van der Waals surface area contributed by atoms with E-state index < -0.39 is 0 Å². The average molecular weight is 356 g/mol. The average Bonchev–Trinajstić information content (AvgIpc) is 3.23. The Kier molecular flexibility index (Phi) is 4.19. The normalized spacial score (nSPS) is 11.4. The second-order valence-corrected chi connectivity index (χ2v) is 6.46. The largest absolute Gasteiger partial charge is 0.477 e. The quantitative estimate of drug-likeness (QED) is 0.535. The topological polar surface area (TPSA) is 85.4 Å². The smallest absolute Gasteiger partial charge is 0.259 e. The molecule has 0 atom stereocenters. The second-order valence-electron chi connectivity index (χ2n) is 5.48. The highest BCUT2D eigenvalue weighted by Crippen LogP contribution is 2.26. The SMILES string of the molecule is CSCCCOc1ccc2ncc(-c3cc4c(=O)[nH]ccc4o3)n2n1. The molecule has 128 valence electrons. The highest BCUT2D eigenvalue weighted by atomic mass is 32.2. The number of ether oxygens (including phenoxy) is 1. The molecule has 0 spiro atoms. The van der Waals surface area contributed by atoms with Gasteiger partial charge in [0.1, 0.15) is 11.3 Å². The van der Waals surface area contributed by atoms with Crippen molar-refractivity contribution in [3.63, 3.8) is 0 Å². The fourth-order valence-corrected chi connectivity index (χ4v) is 2.99. The molecule has 0 aliphatic rings. The third-order valence-corrected chi connectivity index (χ3v) is 4.48. The van der Waals surface area contributed by atoms with Crippen LogP contribution in [0, 0.1) is 0 Å². The Morgan fingerprint density at radius 3 is 3.12 bits per heavy atom. The Bertz CT molecular complexity index is 1080. The molecule has 0 bridgehead atoms. The van der Waals surface area contributed by atoms with E-state index in [-0.39, 0.29) is 5.56 Å². The predicted octanol–water partition coefficient (Wildman–Crippen LogP) is 2.96. The molecule has 0 aromatic carbocycles. The van der Waals surface area contributed by atoms with Gasteiger partial charge in [-0.05, 0) is 36.6 Å². The van der Waals surface area contributed by atoms with Crippen molar-refractivity contribution in [2.45, 2.75) is 6.42 Å². The molecule has 0 unspecified atom stereocenters. The molecular formula is C17H16N4O3S. The fraction of sp³-hybridized carbons (Fsp3) is 0.235. The molecular weight excluding hydrogens is 340 g/mol. The van der Waals surface area contributed by atoms with Crippen LogP contribution in [0.15, 0.2) is 45.9 Å². The van der Waals surface area contributed by atoms with Crippen LogP contribution in [0.4, 0.5) is 0 Å². The van der Waals surface area contributed by atoms with Crippen LogP contribution in [-0.4, -0.2) is 38.2 Å². The van der Waals surface area contributed by atoms with Crippen LogP contribution in [-0.2, 0) is 0 Å². The summed E-state index contributed by atoms with van der Waals surface area (Å²) in [5, 5.41) is 4.98. The van der Waals surface area contributed by atoms with Gasteiger partial charge in [-0.15, -0.1) is 5.10 Å². The maximum Gasteiger partial charge on any atom is 0.259 e. The number of H-pyrrole nitrogens is 1. The summed E-state index contributed by atoms with van der Waals surface area (Å²) >= 11 is 1.79. The maximum atomic E-state index is 11.9. The number of rotatable bonds is 6. The van der Waals surface area contributed by atoms with Gasteiger partial charge in [0.2, 0.25) is 5.88 Å². The summed E-state index contributed by atoms with van der Waals surface area (Å²) in [5.41, 5.74) is 1.69. The van der Waals surface area contributed by atoms with Crippen molar-refractivity contribution in [2.24, 2.45) is 0 Å². The molecule has 0 saturated carbocycles. The van der Waals surface area contributed by atoms with E-state index in [1.54, 1.807) is 46.9 Å². The van der Waals surface area contributed by atoms with Gasteiger partial charge in [-0.25, -0.2) is 9.50 Å². The third-order valence-electron chi connectivity index (χ3n) is 3.79. The van der Waals surface area contributed by atoms with Crippen LogP contribution >= 0.6 is 11.8 Å². The zero-order chi connectivity index (χ0) is 17.2. The summed E-state index contributed by atoms with van der Waals surface area (Å²) in [5.74, 6) is 2.11. The van der Waals surface area contributed by atoms with E-state index >= 15 is 0 Å². The minimum absolute atomic E-state index is 0.188. The Morgan fingerprint density at radius 2 is 2.28 bits per heavy atom. The lowest BCUT2D eigenvalue weighted by Gasteiger charge is -2.05. The van der Waals surface area contributed by atoms with Crippen molar-refractivity contribution in [1.29, 1.82) is 0 Å². The number of furan rings is 1. The van der Waals surface area contributed by atoms with Gasteiger partial charge in [0.15, 0.2) is 11.4 Å². The molecule has 0 amide bonds. The van der Waals surface area contributed by atoms with Crippen LogP contribution in [0.2, 0.25) is 0 Å². The number of aromatic amines is 1. The summed E-state index contributed by atoms with van der Waals surface area (Å²) in [7, 11) is 0. The lowest BCUT2D eigenvalue weighted by atomic mass is 10.3. The highest BCUT2D eigenvalue weighted by molar-refractivity contribution is 7.98. The monoisotopic (exact) mass is 356 g/mol. The number of pyridine rings is 1. The Labute approximate surface area is 147 Å². The van der Waals surface area contributed by atoms with Crippen molar-refractivity contribution in [3.8, 4) is 17.3 Å². The van der Waals surface area contributed by atoms with Crippen LogP contribution in [0.3, 0.4) is 0 Å². The molecule has 4 heterocycles.